The van der Waals surface area contributed by atoms with E-state index in [1.54, 1.807) is 0 Å². The van der Waals surface area contributed by atoms with Crippen molar-refractivity contribution in [1.82, 2.24) is 4.90 Å². The zero-order valence-electron chi connectivity index (χ0n) is 10.1. The van der Waals surface area contributed by atoms with Crippen LogP contribution in [-0.2, 0) is 11.3 Å². The van der Waals surface area contributed by atoms with Gasteiger partial charge < -0.3 is 9.64 Å². The first-order valence-corrected chi connectivity index (χ1v) is 6.88. The van der Waals surface area contributed by atoms with E-state index in [4.69, 9.17) is 4.74 Å². The molecule has 0 fully saturated rings. The largest absolute Gasteiger partial charge is 0.375 e. The van der Waals surface area contributed by atoms with Crippen molar-refractivity contribution in [2.24, 2.45) is 0 Å². The Kier molecular flexibility index (Phi) is 7.00. The van der Waals surface area contributed by atoms with Crippen LogP contribution in [0.15, 0.2) is 24.3 Å². The number of halogens is 1. The molecule has 2 nitrogen and oxygen atoms in total. The van der Waals surface area contributed by atoms with E-state index < -0.39 is 0 Å². The Morgan fingerprint density at radius 1 is 1.12 bits per heavy atom. The topological polar surface area (TPSA) is 12.5 Å². The third-order valence-electron chi connectivity index (χ3n) is 2.63. The van der Waals surface area contributed by atoms with Crippen LogP contribution < -0.4 is 0 Å². The van der Waals surface area contributed by atoms with Gasteiger partial charge in [-0.15, -0.1) is 0 Å². The first kappa shape index (κ1) is 13.9. The van der Waals surface area contributed by atoms with Gasteiger partial charge in [0.25, 0.3) is 0 Å². The van der Waals surface area contributed by atoms with E-state index in [9.17, 15) is 0 Å². The molecule has 90 valence electrons. The SMILES string of the molecule is CCN(CC)CCOCc1ccc([125I])cc1. The minimum atomic E-state index is 0.720. The fourth-order valence-corrected chi connectivity index (χ4v) is 1.86. The van der Waals surface area contributed by atoms with Gasteiger partial charge >= 0.3 is 0 Å². The predicted octanol–water partition coefficient (Wildman–Crippen LogP) is 3.15. The average molecular weight is 331 g/mol. The van der Waals surface area contributed by atoms with Crippen LogP contribution in [0.3, 0.4) is 0 Å². The first-order chi connectivity index (χ1) is 7.76. The minimum absolute atomic E-state index is 0.720. The zero-order valence-corrected chi connectivity index (χ0v) is 12.2. The lowest BCUT2D eigenvalue weighted by atomic mass is 10.2. The lowest BCUT2D eigenvalue weighted by Gasteiger charge is -2.17. The van der Waals surface area contributed by atoms with Gasteiger partial charge in [0.15, 0.2) is 0 Å². The van der Waals surface area contributed by atoms with Crippen LogP contribution in [0.1, 0.15) is 19.4 Å². The second kappa shape index (κ2) is 8.03. The van der Waals surface area contributed by atoms with Gasteiger partial charge in [-0.05, 0) is 53.4 Å². The highest BCUT2D eigenvalue weighted by Crippen LogP contribution is 2.07. The summed E-state index contributed by atoms with van der Waals surface area (Å²) in [7, 11) is 0. The van der Waals surface area contributed by atoms with Crippen LogP contribution in [-0.4, -0.2) is 31.1 Å². The van der Waals surface area contributed by atoms with Crippen LogP contribution in [0, 0.1) is 3.57 Å². The van der Waals surface area contributed by atoms with E-state index in [2.05, 4.69) is 65.6 Å². The van der Waals surface area contributed by atoms with E-state index in [-0.39, 0.29) is 0 Å². The van der Waals surface area contributed by atoms with E-state index in [1.165, 1.54) is 9.13 Å². The maximum atomic E-state index is 5.65. The summed E-state index contributed by atoms with van der Waals surface area (Å²) in [5, 5.41) is 0. The Bertz CT molecular complexity index is 282. The van der Waals surface area contributed by atoms with E-state index >= 15 is 0 Å². The molecule has 0 aliphatic carbocycles. The molecule has 0 N–H and O–H groups in total. The van der Waals surface area contributed by atoms with Gasteiger partial charge in [0.1, 0.15) is 0 Å². The van der Waals surface area contributed by atoms with Gasteiger partial charge in [-0.2, -0.15) is 0 Å². The van der Waals surface area contributed by atoms with Crippen molar-refractivity contribution >= 4 is 22.6 Å². The van der Waals surface area contributed by atoms with Crippen molar-refractivity contribution in [1.29, 1.82) is 0 Å². The predicted molar refractivity (Wildman–Crippen MR) is 76.6 cm³/mol. The van der Waals surface area contributed by atoms with Crippen molar-refractivity contribution in [2.45, 2.75) is 20.5 Å². The summed E-state index contributed by atoms with van der Waals surface area (Å²) in [4.78, 5) is 2.37. The van der Waals surface area contributed by atoms with Crippen LogP contribution in [0.2, 0.25) is 0 Å². The highest BCUT2D eigenvalue weighted by Gasteiger charge is 1.98. The van der Waals surface area contributed by atoms with Crippen LogP contribution in [0.4, 0.5) is 0 Å². The van der Waals surface area contributed by atoms with Gasteiger partial charge in [0, 0.05) is 10.1 Å². The van der Waals surface area contributed by atoms with Gasteiger partial charge in [-0.25, -0.2) is 0 Å². The highest BCUT2D eigenvalue weighted by atomic mass is 125. The van der Waals surface area contributed by atoms with E-state index in [0.29, 0.717) is 0 Å². The third kappa shape index (κ3) is 5.27. The van der Waals surface area contributed by atoms with E-state index in [0.717, 1.165) is 32.8 Å². The Morgan fingerprint density at radius 3 is 2.31 bits per heavy atom. The summed E-state index contributed by atoms with van der Waals surface area (Å²) >= 11 is 2.31. The summed E-state index contributed by atoms with van der Waals surface area (Å²) in [6.45, 7) is 9.13. The van der Waals surface area contributed by atoms with Gasteiger partial charge in [-0.3, -0.25) is 0 Å². The number of hydrogen-bond donors (Lipinski definition) is 0. The monoisotopic (exact) mass is 331 g/mol. The Labute approximate surface area is 112 Å². The molecule has 0 aliphatic rings. The van der Waals surface area contributed by atoms with Crippen molar-refractivity contribution in [3.8, 4) is 0 Å². The lowest BCUT2D eigenvalue weighted by Crippen LogP contribution is -2.26. The Morgan fingerprint density at radius 2 is 1.75 bits per heavy atom. The lowest BCUT2D eigenvalue weighted by molar-refractivity contribution is 0.0956. The number of hydrogen-bond acceptors (Lipinski definition) is 2. The molecule has 1 rings (SSSR count). The smallest absolute Gasteiger partial charge is 0.0717 e. The maximum absolute atomic E-state index is 5.65. The number of rotatable bonds is 7. The number of benzene rings is 1. The van der Waals surface area contributed by atoms with E-state index in [1.807, 2.05) is 0 Å². The molecule has 0 saturated carbocycles. The molecule has 0 unspecified atom stereocenters. The molecule has 0 bridgehead atoms. The molecular formula is C13H20INO. The Balaban J connectivity index is 2.18. The van der Waals surface area contributed by atoms with Crippen molar-refractivity contribution in [3.63, 3.8) is 0 Å². The highest BCUT2D eigenvalue weighted by molar-refractivity contribution is 14.1. The molecule has 0 radical (unpaired) electrons. The average Bonchev–Trinajstić information content (AvgIpc) is 2.32. The van der Waals surface area contributed by atoms with Crippen LogP contribution in [0.25, 0.3) is 0 Å². The number of nitrogens with zero attached hydrogens (tertiary/aromatic N) is 1. The number of likely N-dealkylation sites (N-methyl/N-ethyl adjacent to an activating group) is 1. The molecule has 0 heterocycles. The van der Waals surface area contributed by atoms with Crippen LogP contribution >= 0.6 is 22.6 Å². The molecule has 0 atom stereocenters. The Hall–Kier alpha value is -0.130. The summed E-state index contributed by atoms with van der Waals surface area (Å²) in [5.41, 5.74) is 1.25. The van der Waals surface area contributed by atoms with Crippen molar-refractivity contribution < 1.29 is 4.74 Å². The van der Waals surface area contributed by atoms with Crippen molar-refractivity contribution in [2.75, 3.05) is 26.2 Å². The molecule has 1 aromatic rings. The second-order valence-corrected chi connectivity index (χ2v) is 4.95. The molecule has 0 aromatic heterocycles. The second-order valence-electron chi connectivity index (χ2n) is 3.71. The first-order valence-electron chi connectivity index (χ1n) is 5.80. The van der Waals surface area contributed by atoms with Crippen molar-refractivity contribution in [3.05, 3.63) is 33.4 Å². The zero-order chi connectivity index (χ0) is 11.8. The molecule has 3 heteroatoms. The molecule has 0 aliphatic heterocycles. The van der Waals surface area contributed by atoms with Gasteiger partial charge in [0.05, 0.1) is 13.2 Å². The molecule has 0 saturated heterocycles. The number of ether oxygens (including phenoxy) is 1. The minimum Gasteiger partial charge on any atom is -0.375 e. The van der Waals surface area contributed by atoms with Crippen LogP contribution in [0.5, 0.6) is 0 Å². The normalized spacial score (nSPS) is 11.0. The molecule has 0 spiro atoms. The van der Waals surface area contributed by atoms with Gasteiger partial charge in [0.2, 0.25) is 0 Å². The standard InChI is InChI=1S/C13H20INO/c1-3-15(4-2)9-10-16-11-12-5-7-13(14)8-6-12/h5-8H,3-4,9-11H2,1-2H3/i14-2. The quantitative estimate of drug-likeness (QED) is 0.562. The summed E-state index contributed by atoms with van der Waals surface area (Å²) < 4.78 is 6.92. The molecule has 1 aromatic carbocycles. The fourth-order valence-electron chi connectivity index (χ4n) is 1.50. The maximum Gasteiger partial charge on any atom is 0.0717 e. The third-order valence-corrected chi connectivity index (χ3v) is 3.35. The molecule has 16 heavy (non-hydrogen) atoms. The summed E-state index contributed by atoms with van der Waals surface area (Å²) in [6, 6.07) is 8.48. The fraction of sp³-hybridized carbons (Fsp3) is 0.538. The summed E-state index contributed by atoms with van der Waals surface area (Å²) in [6.07, 6.45) is 0. The molecular weight excluding hydrogens is 311 g/mol. The summed E-state index contributed by atoms with van der Waals surface area (Å²) in [5.74, 6) is 0. The van der Waals surface area contributed by atoms with Gasteiger partial charge in [-0.1, -0.05) is 26.0 Å². The molecule has 0 amide bonds.